The van der Waals surface area contributed by atoms with Crippen LogP contribution in [0.2, 0.25) is 0 Å². The fourth-order valence-electron chi connectivity index (χ4n) is 3.44. The fourth-order valence-corrected chi connectivity index (χ4v) is 3.44. The second kappa shape index (κ2) is 6.75. The molecule has 0 aromatic carbocycles. The number of likely N-dealkylation sites (tertiary alicyclic amines) is 1. The summed E-state index contributed by atoms with van der Waals surface area (Å²) < 4.78 is 0. The minimum Gasteiger partial charge on any atom is -0.313 e. The Bertz CT molecular complexity index is 209. The van der Waals surface area contributed by atoms with Crippen molar-refractivity contribution >= 4 is 0 Å². The highest BCUT2D eigenvalue weighted by Crippen LogP contribution is 2.24. The minimum atomic E-state index is 0.813. The number of piperidine rings is 1. The van der Waals surface area contributed by atoms with Gasteiger partial charge in [0.05, 0.1) is 0 Å². The highest BCUT2D eigenvalue weighted by Gasteiger charge is 2.23. The van der Waals surface area contributed by atoms with E-state index in [4.69, 9.17) is 0 Å². The van der Waals surface area contributed by atoms with E-state index < -0.39 is 0 Å². The zero-order valence-corrected chi connectivity index (χ0v) is 11.8. The van der Waals surface area contributed by atoms with Crippen LogP contribution in [0, 0.1) is 11.8 Å². The summed E-state index contributed by atoms with van der Waals surface area (Å²) in [7, 11) is 0. The van der Waals surface area contributed by atoms with Crippen molar-refractivity contribution in [2.24, 2.45) is 11.8 Å². The van der Waals surface area contributed by atoms with Gasteiger partial charge in [-0.15, -0.1) is 0 Å². The van der Waals surface area contributed by atoms with Crippen LogP contribution in [-0.4, -0.2) is 37.1 Å². The van der Waals surface area contributed by atoms with Gasteiger partial charge >= 0.3 is 0 Å². The molecule has 1 saturated heterocycles. The molecule has 17 heavy (non-hydrogen) atoms. The standard InChI is InChI=1S/C15H30N2/c1-3-17-10-8-14(9-11-17)12-16-15-7-5-4-6-13(15)2/h13-16H,3-12H2,1-2H3. The normalized spacial score (nSPS) is 32.8. The van der Waals surface area contributed by atoms with Crippen molar-refractivity contribution in [2.75, 3.05) is 26.2 Å². The third-order valence-electron chi connectivity index (χ3n) is 4.93. The summed E-state index contributed by atoms with van der Waals surface area (Å²) >= 11 is 0. The Morgan fingerprint density at radius 1 is 1.06 bits per heavy atom. The lowest BCUT2D eigenvalue weighted by Crippen LogP contribution is -2.42. The molecule has 100 valence electrons. The molecule has 0 aromatic rings. The van der Waals surface area contributed by atoms with Crippen LogP contribution in [0.5, 0.6) is 0 Å². The molecule has 2 atom stereocenters. The van der Waals surface area contributed by atoms with Crippen molar-refractivity contribution in [3.05, 3.63) is 0 Å². The largest absolute Gasteiger partial charge is 0.313 e. The maximum absolute atomic E-state index is 3.86. The minimum absolute atomic E-state index is 0.813. The van der Waals surface area contributed by atoms with Crippen LogP contribution in [0.15, 0.2) is 0 Å². The van der Waals surface area contributed by atoms with E-state index in [1.807, 2.05) is 0 Å². The van der Waals surface area contributed by atoms with Gasteiger partial charge in [0, 0.05) is 6.04 Å². The Morgan fingerprint density at radius 2 is 1.76 bits per heavy atom. The van der Waals surface area contributed by atoms with Crippen LogP contribution in [0.25, 0.3) is 0 Å². The first kappa shape index (κ1) is 13.4. The van der Waals surface area contributed by atoms with Crippen molar-refractivity contribution in [1.82, 2.24) is 10.2 Å². The number of hydrogen-bond acceptors (Lipinski definition) is 2. The molecule has 0 spiro atoms. The van der Waals surface area contributed by atoms with Gasteiger partial charge in [0.15, 0.2) is 0 Å². The van der Waals surface area contributed by atoms with E-state index in [1.165, 1.54) is 64.7 Å². The van der Waals surface area contributed by atoms with Crippen LogP contribution in [0.1, 0.15) is 52.4 Å². The number of nitrogens with one attached hydrogen (secondary N) is 1. The van der Waals surface area contributed by atoms with E-state index in [1.54, 1.807) is 0 Å². The Morgan fingerprint density at radius 3 is 2.41 bits per heavy atom. The van der Waals surface area contributed by atoms with Crippen LogP contribution in [0.3, 0.4) is 0 Å². The number of nitrogens with zero attached hydrogens (tertiary/aromatic N) is 1. The second-order valence-electron chi connectivity index (χ2n) is 6.15. The first-order valence-electron chi connectivity index (χ1n) is 7.75. The third kappa shape index (κ3) is 3.96. The Balaban J connectivity index is 1.65. The summed E-state index contributed by atoms with van der Waals surface area (Å²) in [4.78, 5) is 2.58. The molecule has 2 heteroatoms. The topological polar surface area (TPSA) is 15.3 Å². The van der Waals surface area contributed by atoms with Crippen molar-refractivity contribution in [3.8, 4) is 0 Å². The van der Waals surface area contributed by atoms with Gasteiger partial charge in [0.1, 0.15) is 0 Å². The maximum Gasteiger partial charge on any atom is 0.00928 e. The highest BCUT2D eigenvalue weighted by atomic mass is 15.1. The Hall–Kier alpha value is -0.0800. The molecule has 1 heterocycles. The van der Waals surface area contributed by atoms with E-state index in [0.717, 1.165) is 17.9 Å². The van der Waals surface area contributed by atoms with Crippen LogP contribution in [-0.2, 0) is 0 Å². The summed E-state index contributed by atoms with van der Waals surface area (Å²) in [5.41, 5.74) is 0. The molecule has 2 unspecified atom stereocenters. The molecule has 2 aliphatic rings. The van der Waals surface area contributed by atoms with Gasteiger partial charge in [-0.2, -0.15) is 0 Å². The number of rotatable bonds is 4. The van der Waals surface area contributed by atoms with Gasteiger partial charge in [-0.05, 0) is 63.7 Å². The Labute approximate surface area is 107 Å². The maximum atomic E-state index is 3.86. The molecular formula is C15H30N2. The lowest BCUT2D eigenvalue weighted by atomic mass is 9.85. The average molecular weight is 238 g/mol. The molecule has 0 amide bonds. The second-order valence-corrected chi connectivity index (χ2v) is 6.15. The lowest BCUT2D eigenvalue weighted by molar-refractivity contribution is 0.179. The molecule has 1 aliphatic carbocycles. The van der Waals surface area contributed by atoms with Crippen molar-refractivity contribution < 1.29 is 0 Å². The molecule has 0 bridgehead atoms. The van der Waals surface area contributed by atoms with Gasteiger partial charge in [0.25, 0.3) is 0 Å². The first-order valence-corrected chi connectivity index (χ1v) is 7.75. The van der Waals surface area contributed by atoms with Crippen molar-refractivity contribution in [3.63, 3.8) is 0 Å². The zero-order chi connectivity index (χ0) is 12.1. The third-order valence-corrected chi connectivity index (χ3v) is 4.93. The van der Waals surface area contributed by atoms with Gasteiger partial charge in [-0.1, -0.05) is 26.7 Å². The fraction of sp³-hybridized carbons (Fsp3) is 1.00. The summed E-state index contributed by atoms with van der Waals surface area (Å²) in [6.45, 7) is 9.86. The summed E-state index contributed by atoms with van der Waals surface area (Å²) in [5.74, 6) is 1.84. The predicted molar refractivity (Wildman–Crippen MR) is 74.3 cm³/mol. The SMILES string of the molecule is CCN1CCC(CNC2CCCCC2C)CC1. The van der Waals surface area contributed by atoms with Crippen molar-refractivity contribution in [1.29, 1.82) is 0 Å². The summed E-state index contributed by atoms with van der Waals surface area (Å²) in [6.07, 6.45) is 8.55. The monoisotopic (exact) mass is 238 g/mol. The van der Waals surface area contributed by atoms with Gasteiger partial charge < -0.3 is 10.2 Å². The predicted octanol–water partition coefficient (Wildman–Crippen LogP) is 2.89. The van der Waals surface area contributed by atoms with Crippen LogP contribution >= 0.6 is 0 Å². The molecule has 2 fully saturated rings. The first-order chi connectivity index (χ1) is 8.29. The quantitative estimate of drug-likeness (QED) is 0.810. The number of hydrogen-bond donors (Lipinski definition) is 1. The van der Waals surface area contributed by atoms with E-state index in [0.29, 0.717) is 0 Å². The summed E-state index contributed by atoms with van der Waals surface area (Å²) in [6, 6.07) is 0.813. The van der Waals surface area contributed by atoms with Gasteiger partial charge in [-0.3, -0.25) is 0 Å². The highest BCUT2D eigenvalue weighted by molar-refractivity contribution is 4.80. The van der Waals surface area contributed by atoms with Crippen LogP contribution < -0.4 is 5.32 Å². The molecule has 2 rings (SSSR count). The van der Waals surface area contributed by atoms with Crippen LogP contribution in [0.4, 0.5) is 0 Å². The molecule has 1 saturated carbocycles. The zero-order valence-electron chi connectivity index (χ0n) is 11.8. The van der Waals surface area contributed by atoms with E-state index in [9.17, 15) is 0 Å². The van der Waals surface area contributed by atoms with Gasteiger partial charge in [-0.25, -0.2) is 0 Å². The average Bonchev–Trinajstić information content (AvgIpc) is 2.38. The van der Waals surface area contributed by atoms with E-state index in [2.05, 4.69) is 24.1 Å². The molecule has 1 N–H and O–H groups in total. The molecule has 0 aromatic heterocycles. The van der Waals surface area contributed by atoms with Crippen molar-refractivity contribution in [2.45, 2.75) is 58.4 Å². The van der Waals surface area contributed by atoms with Gasteiger partial charge in [0.2, 0.25) is 0 Å². The molecule has 0 radical (unpaired) electrons. The van der Waals surface area contributed by atoms with E-state index in [-0.39, 0.29) is 0 Å². The molecule has 1 aliphatic heterocycles. The Kier molecular flexibility index (Phi) is 5.30. The molecule has 2 nitrogen and oxygen atoms in total. The lowest BCUT2D eigenvalue weighted by Gasteiger charge is -2.34. The van der Waals surface area contributed by atoms with E-state index >= 15 is 0 Å². The summed E-state index contributed by atoms with van der Waals surface area (Å²) in [5, 5.41) is 3.86. The smallest absolute Gasteiger partial charge is 0.00928 e. The molecular weight excluding hydrogens is 208 g/mol.